The topological polar surface area (TPSA) is 71.5 Å². The molecule has 5 nitrogen and oxygen atoms in total. The Morgan fingerprint density at radius 2 is 2.28 bits per heavy atom. The van der Waals surface area contributed by atoms with Crippen LogP contribution in [0.1, 0.15) is 23.2 Å². The van der Waals surface area contributed by atoms with Crippen LogP contribution in [0.5, 0.6) is 0 Å². The number of aliphatic hydroxyl groups excluding tert-OH is 1. The van der Waals surface area contributed by atoms with E-state index in [9.17, 15) is 9.90 Å². The van der Waals surface area contributed by atoms with Crippen LogP contribution >= 0.6 is 15.9 Å². The fourth-order valence-corrected chi connectivity index (χ4v) is 2.38. The molecule has 0 radical (unpaired) electrons. The summed E-state index contributed by atoms with van der Waals surface area (Å²) >= 11 is 3.24. The fraction of sp³-hybridized carbons (Fsp3) is 0.500. The van der Waals surface area contributed by atoms with Crippen LogP contribution in [-0.4, -0.2) is 41.4 Å². The summed E-state index contributed by atoms with van der Waals surface area (Å²) in [5.41, 5.74) is -0.109. The predicted molar refractivity (Wildman–Crippen MR) is 69.3 cm³/mol. The van der Waals surface area contributed by atoms with E-state index >= 15 is 0 Å². The molecule has 2 heterocycles. The first-order valence-electron chi connectivity index (χ1n) is 5.78. The third-order valence-electron chi connectivity index (χ3n) is 3.13. The fourth-order valence-electron chi connectivity index (χ4n) is 1.95. The number of carbonyl (C=O) groups excluding carboxylic acids is 1. The summed E-state index contributed by atoms with van der Waals surface area (Å²) < 4.78 is 5.76. The van der Waals surface area contributed by atoms with Crippen LogP contribution in [-0.2, 0) is 4.74 Å². The highest BCUT2D eigenvalue weighted by molar-refractivity contribution is 9.10. The molecule has 1 aliphatic heterocycles. The molecule has 2 rings (SSSR count). The Morgan fingerprint density at radius 1 is 1.56 bits per heavy atom. The molecule has 1 aromatic heterocycles. The lowest BCUT2D eigenvalue weighted by Crippen LogP contribution is -2.54. The Labute approximate surface area is 114 Å². The van der Waals surface area contributed by atoms with Crippen molar-refractivity contribution in [1.29, 1.82) is 0 Å². The summed E-state index contributed by atoms with van der Waals surface area (Å²) in [5.74, 6) is -0.231. The summed E-state index contributed by atoms with van der Waals surface area (Å²) in [4.78, 5) is 16.2. The predicted octanol–water partition coefficient (Wildman–Crippen LogP) is 1.12. The SMILES string of the molecule is O=C(NC1(CO)CCOCC1)c1cccnc1Br. The lowest BCUT2D eigenvalue weighted by molar-refractivity contribution is 0.0125. The standard InChI is InChI=1S/C12H15BrN2O3/c13-10-9(2-1-5-14-10)11(17)15-12(8-16)3-6-18-7-4-12/h1-2,5,16H,3-4,6-8H2,(H,15,17). The quantitative estimate of drug-likeness (QED) is 0.820. The van der Waals surface area contributed by atoms with Crippen LogP contribution in [0.15, 0.2) is 22.9 Å². The number of halogens is 1. The maximum Gasteiger partial charge on any atom is 0.254 e. The molecule has 2 N–H and O–H groups in total. The van der Waals surface area contributed by atoms with Crippen molar-refractivity contribution in [1.82, 2.24) is 10.3 Å². The minimum absolute atomic E-state index is 0.0834. The highest BCUT2D eigenvalue weighted by atomic mass is 79.9. The van der Waals surface area contributed by atoms with Crippen molar-refractivity contribution in [2.45, 2.75) is 18.4 Å². The van der Waals surface area contributed by atoms with Crippen molar-refractivity contribution in [3.8, 4) is 0 Å². The first-order chi connectivity index (χ1) is 8.67. The number of aliphatic hydroxyl groups is 1. The van der Waals surface area contributed by atoms with E-state index in [1.54, 1.807) is 18.3 Å². The molecule has 0 unspecified atom stereocenters. The molecule has 1 aromatic rings. The van der Waals surface area contributed by atoms with E-state index in [-0.39, 0.29) is 12.5 Å². The van der Waals surface area contributed by atoms with Gasteiger partial charge in [0.25, 0.3) is 5.91 Å². The minimum Gasteiger partial charge on any atom is -0.394 e. The van der Waals surface area contributed by atoms with Gasteiger partial charge in [0.2, 0.25) is 0 Å². The second-order valence-corrected chi connectivity index (χ2v) is 5.10. The summed E-state index contributed by atoms with van der Waals surface area (Å²) in [5, 5.41) is 12.4. The van der Waals surface area contributed by atoms with Crippen molar-refractivity contribution in [2.75, 3.05) is 19.8 Å². The Hall–Kier alpha value is -0.980. The Balaban J connectivity index is 2.13. The van der Waals surface area contributed by atoms with Gasteiger partial charge in [0.05, 0.1) is 17.7 Å². The molecule has 0 aliphatic carbocycles. The zero-order chi connectivity index (χ0) is 13.0. The van der Waals surface area contributed by atoms with Gasteiger partial charge in [-0.15, -0.1) is 0 Å². The molecule has 0 atom stereocenters. The van der Waals surface area contributed by atoms with Gasteiger partial charge in [-0.1, -0.05) is 0 Å². The van der Waals surface area contributed by atoms with Gasteiger partial charge in [0.15, 0.2) is 0 Å². The van der Waals surface area contributed by atoms with Gasteiger partial charge in [-0.3, -0.25) is 4.79 Å². The number of aromatic nitrogens is 1. The molecule has 98 valence electrons. The number of hydrogen-bond acceptors (Lipinski definition) is 4. The van der Waals surface area contributed by atoms with Crippen molar-refractivity contribution in [3.63, 3.8) is 0 Å². The van der Waals surface area contributed by atoms with Crippen LogP contribution in [0.2, 0.25) is 0 Å². The van der Waals surface area contributed by atoms with Crippen LogP contribution in [0, 0.1) is 0 Å². The summed E-state index contributed by atoms with van der Waals surface area (Å²) in [6.45, 7) is 1.02. The van der Waals surface area contributed by atoms with Gasteiger partial charge in [0.1, 0.15) is 4.60 Å². The molecule has 0 saturated carbocycles. The van der Waals surface area contributed by atoms with Gasteiger partial charge in [0, 0.05) is 19.4 Å². The summed E-state index contributed by atoms with van der Waals surface area (Å²) in [6, 6.07) is 3.39. The van der Waals surface area contributed by atoms with E-state index in [0.29, 0.717) is 36.2 Å². The van der Waals surface area contributed by atoms with E-state index in [0.717, 1.165) is 0 Å². The highest BCUT2D eigenvalue weighted by Crippen LogP contribution is 2.22. The van der Waals surface area contributed by atoms with Gasteiger partial charge in [-0.2, -0.15) is 0 Å². The summed E-state index contributed by atoms with van der Waals surface area (Å²) in [6.07, 6.45) is 2.84. The third kappa shape index (κ3) is 2.88. The van der Waals surface area contributed by atoms with E-state index in [2.05, 4.69) is 26.2 Å². The molecule has 1 fully saturated rings. The van der Waals surface area contributed by atoms with Gasteiger partial charge in [-0.25, -0.2) is 4.98 Å². The second kappa shape index (κ2) is 5.77. The number of rotatable bonds is 3. The molecule has 0 aromatic carbocycles. The normalized spacial score (nSPS) is 18.3. The lowest BCUT2D eigenvalue weighted by atomic mass is 9.90. The highest BCUT2D eigenvalue weighted by Gasteiger charge is 2.34. The number of amides is 1. The zero-order valence-electron chi connectivity index (χ0n) is 9.86. The van der Waals surface area contributed by atoms with Gasteiger partial charge >= 0.3 is 0 Å². The molecule has 18 heavy (non-hydrogen) atoms. The van der Waals surface area contributed by atoms with E-state index < -0.39 is 5.54 Å². The van der Waals surface area contributed by atoms with Gasteiger partial charge in [-0.05, 0) is 40.9 Å². The van der Waals surface area contributed by atoms with Crippen LogP contribution < -0.4 is 5.32 Å². The number of nitrogens with one attached hydrogen (secondary N) is 1. The van der Waals surface area contributed by atoms with E-state index in [4.69, 9.17) is 4.74 Å². The molecule has 1 saturated heterocycles. The molecular formula is C12H15BrN2O3. The molecule has 1 amide bonds. The number of pyridine rings is 1. The molecule has 6 heteroatoms. The smallest absolute Gasteiger partial charge is 0.254 e. The number of hydrogen-bond donors (Lipinski definition) is 2. The Kier molecular flexibility index (Phi) is 4.31. The summed E-state index contributed by atoms with van der Waals surface area (Å²) in [7, 11) is 0. The third-order valence-corrected chi connectivity index (χ3v) is 3.77. The molecular weight excluding hydrogens is 300 g/mol. The largest absolute Gasteiger partial charge is 0.394 e. The van der Waals surface area contributed by atoms with E-state index in [1.165, 1.54) is 0 Å². The monoisotopic (exact) mass is 314 g/mol. The first kappa shape index (κ1) is 13.5. The van der Waals surface area contributed by atoms with Crippen molar-refractivity contribution in [3.05, 3.63) is 28.5 Å². The molecule has 0 spiro atoms. The minimum atomic E-state index is -0.579. The van der Waals surface area contributed by atoms with E-state index in [1.807, 2.05) is 0 Å². The van der Waals surface area contributed by atoms with Crippen molar-refractivity contribution < 1.29 is 14.6 Å². The molecule has 0 bridgehead atoms. The average molecular weight is 315 g/mol. The number of nitrogens with zero attached hydrogens (tertiary/aromatic N) is 1. The average Bonchev–Trinajstić information content (AvgIpc) is 2.40. The maximum absolute atomic E-state index is 12.2. The van der Waals surface area contributed by atoms with Crippen LogP contribution in [0.3, 0.4) is 0 Å². The van der Waals surface area contributed by atoms with Crippen LogP contribution in [0.25, 0.3) is 0 Å². The van der Waals surface area contributed by atoms with Crippen molar-refractivity contribution in [2.24, 2.45) is 0 Å². The number of ether oxygens (including phenoxy) is 1. The Morgan fingerprint density at radius 3 is 2.89 bits per heavy atom. The molecule has 1 aliphatic rings. The lowest BCUT2D eigenvalue weighted by Gasteiger charge is -2.36. The first-order valence-corrected chi connectivity index (χ1v) is 6.58. The number of carbonyl (C=O) groups is 1. The van der Waals surface area contributed by atoms with Crippen molar-refractivity contribution >= 4 is 21.8 Å². The Bertz CT molecular complexity index is 433. The maximum atomic E-state index is 12.2. The van der Waals surface area contributed by atoms with Crippen LogP contribution in [0.4, 0.5) is 0 Å². The van der Waals surface area contributed by atoms with Gasteiger partial charge < -0.3 is 15.2 Å². The second-order valence-electron chi connectivity index (χ2n) is 4.35. The zero-order valence-corrected chi connectivity index (χ0v) is 11.4.